The van der Waals surface area contributed by atoms with Gasteiger partial charge >= 0.3 is 5.97 Å². The van der Waals surface area contributed by atoms with Gasteiger partial charge in [-0.1, -0.05) is 35.0 Å². The average molecular weight is 497 g/mol. The fourth-order valence-corrected chi connectivity index (χ4v) is 3.48. The Kier molecular flexibility index (Phi) is 7.79. The van der Waals surface area contributed by atoms with E-state index in [9.17, 15) is 19.6 Å². The molecule has 8 heteroatoms. The Bertz CT molecular complexity index is 1100. The van der Waals surface area contributed by atoms with Crippen LogP contribution in [0.25, 0.3) is 6.08 Å². The van der Waals surface area contributed by atoms with Crippen LogP contribution in [0.1, 0.15) is 46.0 Å². The topological polar surface area (TPSA) is 96.7 Å². The minimum atomic E-state index is -0.759. The molecule has 1 heterocycles. The van der Waals surface area contributed by atoms with Gasteiger partial charge in [-0.25, -0.2) is 4.79 Å². The lowest BCUT2D eigenvalue weighted by atomic mass is 10.1. The number of hydrogen-bond acceptors (Lipinski definition) is 6. The normalized spacial score (nSPS) is 13.0. The van der Waals surface area contributed by atoms with E-state index in [2.05, 4.69) is 15.9 Å². The van der Waals surface area contributed by atoms with E-state index in [-0.39, 0.29) is 37.0 Å². The summed E-state index contributed by atoms with van der Waals surface area (Å²) in [6.45, 7) is 2.71. The SMILES string of the molecule is CCCOc1ccc(/C=C(\C#N)C(=O)OCCCN2C(=O)c3ccc(Br)cc3C2=O)cc1. The van der Waals surface area contributed by atoms with E-state index >= 15 is 0 Å². The van der Waals surface area contributed by atoms with Crippen LogP contribution in [0, 0.1) is 11.3 Å². The Morgan fingerprint density at radius 1 is 1.09 bits per heavy atom. The average Bonchev–Trinajstić information content (AvgIpc) is 3.03. The standard InChI is InChI=1S/C24H21BrN2O5/c1-2-11-31-19-7-4-16(5-8-19)13-17(15-26)24(30)32-12-3-10-27-22(28)20-9-6-18(25)14-21(20)23(27)29/h4-9,13-14H,2-3,10-12H2,1H3/b17-13+. The molecule has 2 aromatic rings. The number of esters is 1. The van der Waals surface area contributed by atoms with Gasteiger partial charge in [0.25, 0.3) is 11.8 Å². The molecule has 2 aromatic carbocycles. The highest BCUT2D eigenvalue weighted by atomic mass is 79.9. The minimum absolute atomic E-state index is 0.0290. The zero-order valence-corrected chi connectivity index (χ0v) is 19.1. The highest BCUT2D eigenvalue weighted by Crippen LogP contribution is 2.26. The predicted octanol–water partition coefficient (Wildman–Crippen LogP) is 4.37. The van der Waals surface area contributed by atoms with E-state index in [0.717, 1.165) is 11.3 Å². The van der Waals surface area contributed by atoms with Gasteiger partial charge in [0.15, 0.2) is 0 Å². The molecule has 1 aliphatic rings. The van der Waals surface area contributed by atoms with Gasteiger partial charge in [-0.05, 0) is 54.8 Å². The fraction of sp³-hybridized carbons (Fsp3) is 0.250. The monoisotopic (exact) mass is 496 g/mol. The summed E-state index contributed by atoms with van der Waals surface area (Å²) in [5.41, 5.74) is 1.23. The minimum Gasteiger partial charge on any atom is -0.494 e. The number of carbonyl (C=O) groups excluding carboxylic acids is 3. The Morgan fingerprint density at radius 3 is 2.50 bits per heavy atom. The van der Waals surface area contributed by atoms with E-state index in [0.29, 0.717) is 33.5 Å². The predicted molar refractivity (Wildman–Crippen MR) is 121 cm³/mol. The molecule has 0 unspecified atom stereocenters. The van der Waals surface area contributed by atoms with Crippen molar-refractivity contribution in [3.8, 4) is 11.8 Å². The van der Waals surface area contributed by atoms with Crippen molar-refractivity contribution in [3.63, 3.8) is 0 Å². The number of nitriles is 1. The van der Waals surface area contributed by atoms with Crippen LogP contribution in [0.3, 0.4) is 0 Å². The maximum atomic E-state index is 12.4. The van der Waals surface area contributed by atoms with Gasteiger partial charge in [0, 0.05) is 11.0 Å². The van der Waals surface area contributed by atoms with E-state index in [1.807, 2.05) is 13.0 Å². The third-order valence-corrected chi connectivity index (χ3v) is 5.19. The Morgan fingerprint density at radius 2 is 1.81 bits per heavy atom. The third kappa shape index (κ3) is 5.42. The molecule has 32 heavy (non-hydrogen) atoms. The first-order chi connectivity index (χ1) is 15.4. The molecule has 0 aliphatic carbocycles. The van der Waals surface area contributed by atoms with Crippen LogP contribution in [0.4, 0.5) is 0 Å². The first-order valence-corrected chi connectivity index (χ1v) is 10.9. The van der Waals surface area contributed by atoms with E-state index in [1.54, 1.807) is 42.5 Å². The van der Waals surface area contributed by atoms with Crippen molar-refractivity contribution in [2.45, 2.75) is 19.8 Å². The summed E-state index contributed by atoms with van der Waals surface area (Å²) in [5, 5.41) is 9.30. The van der Waals surface area contributed by atoms with Crippen molar-refractivity contribution in [3.05, 3.63) is 69.2 Å². The van der Waals surface area contributed by atoms with Gasteiger partial charge in [0.1, 0.15) is 17.4 Å². The molecule has 2 amide bonds. The second-order valence-corrected chi connectivity index (χ2v) is 7.94. The summed E-state index contributed by atoms with van der Waals surface area (Å²) in [6, 6.07) is 13.8. The highest BCUT2D eigenvalue weighted by molar-refractivity contribution is 9.10. The lowest BCUT2D eigenvalue weighted by molar-refractivity contribution is -0.138. The summed E-state index contributed by atoms with van der Waals surface area (Å²) in [6.07, 6.45) is 2.60. The molecule has 0 bridgehead atoms. The third-order valence-electron chi connectivity index (χ3n) is 4.70. The molecular formula is C24H21BrN2O5. The highest BCUT2D eigenvalue weighted by Gasteiger charge is 2.35. The number of fused-ring (bicyclic) bond motifs is 1. The van der Waals surface area contributed by atoms with Crippen molar-refractivity contribution in [2.75, 3.05) is 19.8 Å². The molecule has 0 radical (unpaired) electrons. The molecule has 164 valence electrons. The van der Waals surface area contributed by atoms with Crippen LogP contribution in [0.15, 0.2) is 52.5 Å². The summed E-state index contributed by atoms with van der Waals surface area (Å²) >= 11 is 3.29. The molecule has 0 spiro atoms. The number of rotatable bonds is 9. The number of nitrogens with zero attached hydrogens (tertiary/aromatic N) is 2. The first kappa shape index (κ1) is 23.2. The van der Waals surface area contributed by atoms with E-state index < -0.39 is 5.97 Å². The molecule has 0 aromatic heterocycles. The fourth-order valence-electron chi connectivity index (χ4n) is 3.12. The Hall–Kier alpha value is -3.44. The Labute approximate surface area is 194 Å². The zero-order chi connectivity index (χ0) is 23.1. The molecule has 0 atom stereocenters. The number of benzene rings is 2. The molecular weight excluding hydrogens is 476 g/mol. The molecule has 0 N–H and O–H groups in total. The van der Waals surface area contributed by atoms with Gasteiger partial charge in [0.2, 0.25) is 0 Å². The number of halogens is 1. The summed E-state index contributed by atoms with van der Waals surface area (Å²) in [7, 11) is 0. The number of hydrogen-bond donors (Lipinski definition) is 0. The number of amides is 2. The molecule has 3 rings (SSSR count). The second kappa shape index (κ2) is 10.7. The second-order valence-electron chi connectivity index (χ2n) is 7.03. The van der Waals surface area contributed by atoms with Crippen LogP contribution in [-0.4, -0.2) is 42.4 Å². The molecule has 1 aliphatic heterocycles. The molecule has 0 saturated heterocycles. The van der Waals surface area contributed by atoms with Crippen molar-refractivity contribution in [1.29, 1.82) is 5.26 Å². The van der Waals surface area contributed by atoms with Gasteiger partial charge in [-0.15, -0.1) is 0 Å². The largest absolute Gasteiger partial charge is 0.494 e. The number of carbonyl (C=O) groups is 3. The molecule has 7 nitrogen and oxygen atoms in total. The van der Waals surface area contributed by atoms with Crippen molar-refractivity contribution in [2.24, 2.45) is 0 Å². The quantitative estimate of drug-likeness (QED) is 0.168. The van der Waals surface area contributed by atoms with Crippen LogP contribution >= 0.6 is 15.9 Å². The Balaban J connectivity index is 1.52. The van der Waals surface area contributed by atoms with E-state index in [1.165, 1.54) is 6.08 Å². The molecule has 0 fully saturated rings. The van der Waals surface area contributed by atoms with Gasteiger partial charge < -0.3 is 9.47 Å². The van der Waals surface area contributed by atoms with Crippen LogP contribution in [-0.2, 0) is 9.53 Å². The number of imide groups is 1. The van der Waals surface area contributed by atoms with Gasteiger partial charge in [-0.2, -0.15) is 5.26 Å². The van der Waals surface area contributed by atoms with Gasteiger partial charge in [-0.3, -0.25) is 14.5 Å². The van der Waals surface area contributed by atoms with Crippen molar-refractivity contribution in [1.82, 2.24) is 4.90 Å². The summed E-state index contributed by atoms with van der Waals surface area (Å²) < 4.78 is 11.4. The van der Waals surface area contributed by atoms with E-state index in [4.69, 9.17) is 9.47 Å². The zero-order valence-electron chi connectivity index (χ0n) is 17.5. The molecule has 0 saturated carbocycles. The number of ether oxygens (including phenoxy) is 2. The lowest BCUT2D eigenvalue weighted by Crippen LogP contribution is -2.31. The summed E-state index contributed by atoms with van der Waals surface area (Å²) in [5.74, 6) is -0.787. The van der Waals surface area contributed by atoms with Crippen molar-refractivity contribution < 1.29 is 23.9 Å². The van der Waals surface area contributed by atoms with Crippen LogP contribution in [0.2, 0.25) is 0 Å². The van der Waals surface area contributed by atoms with Crippen molar-refractivity contribution >= 4 is 39.8 Å². The smallest absolute Gasteiger partial charge is 0.348 e. The maximum absolute atomic E-state index is 12.4. The maximum Gasteiger partial charge on any atom is 0.348 e. The summed E-state index contributed by atoms with van der Waals surface area (Å²) in [4.78, 5) is 38.2. The first-order valence-electron chi connectivity index (χ1n) is 10.1. The van der Waals surface area contributed by atoms with Crippen LogP contribution < -0.4 is 4.74 Å². The van der Waals surface area contributed by atoms with Gasteiger partial charge in [0.05, 0.1) is 24.3 Å². The lowest BCUT2D eigenvalue weighted by Gasteiger charge is -2.13. The van der Waals surface area contributed by atoms with Crippen LogP contribution in [0.5, 0.6) is 5.75 Å².